The SMILES string of the molecule is CC1(C)C(=O)N(Cc2ccc(F)cc2)C(=O)N1CCCCCN1CCN(c2ccc(F)cc2F)CC1.Cl. The molecule has 6 nitrogen and oxygen atoms in total. The molecule has 2 aliphatic heterocycles. The number of nitrogens with zero attached hydrogens (tertiary/aromatic N) is 4. The van der Waals surface area contributed by atoms with Crippen molar-refractivity contribution in [3.8, 4) is 0 Å². The predicted molar refractivity (Wildman–Crippen MR) is 139 cm³/mol. The van der Waals surface area contributed by atoms with Crippen LogP contribution in [0, 0.1) is 17.5 Å². The monoisotopic (exact) mass is 538 g/mol. The van der Waals surface area contributed by atoms with Crippen LogP contribution in [0.2, 0.25) is 0 Å². The average Bonchev–Trinajstić information content (AvgIpc) is 3.00. The summed E-state index contributed by atoms with van der Waals surface area (Å²) in [5, 5.41) is 0. The molecule has 2 aliphatic rings. The zero-order valence-corrected chi connectivity index (χ0v) is 22.1. The molecule has 0 atom stereocenters. The Balaban J connectivity index is 0.00000380. The minimum atomic E-state index is -0.914. The van der Waals surface area contributed by atoms with E-state index in [1.54, 1.807) is 30.9 Å². The van der Waals surface area contributed by atoms with Gasteiger partial charge in [-0.05, 0) is 63.1 Å². The number of urea groups is 1. The molecule has 37 heavy (non-hydrogen) atoms. The number of piperazine rings is 1. The summed E-state index contributed by atoms with van der Waals surface area (Å²) >= 11 is 0. The molecule has 2 fully saturated rings. The minimum Gasteiger partial charge on any atom is -0.367 e. The molecule has 2 heterocycles. The second-order valence-corrected chi connectivity index (χ2v) is 10.00. The van der Waals surface area contributed by atoms with Crippen LogP contribution in [-0.2, 0) is 11.3 Å². The fourth-order valence-corrected chi connectivity index (χ4v) is 4.94. The number of unbranched alkanes of at least 4 members (excludes halogenated alkanes) is 2. The summed E-state index contributed by atoms with van der Waals surface area (Å²) in [6.45, 7) is 8.05. The zero-order valence-electron chi connectivity index (χ0n) is 21.3. The van der Waals surface area contributed by atoms with E-state index in [4.69, 9.17) is 0 Å². The number of benzene rings is 2. The van der Waals surface area contributed by atoms with Gasteiger partial charge in [-0.2, -0.15) is 0 Å². The lowest BCUT2D eigenvalue weighted by atomic mass is 10.0. The Bertz CT molecular complexity index is 1090. The highest BCUT2D eigenvalue weighted by Crippen LogP contribution is 2.29. The predicted octanol–water partition coefficient (Wildman–Crippen LogP) is 5.06. The topological polar surface area (TPSA) is 47.1 Å². The number of rotatable bonds is 9. The summed E-state index contributed by atoms with van der Waals surface area (Å²) < 4.78 is 40.4. The lowest BCUT2D eigenvalue weighted by molar-refractivity contribution is -0.132. The van der Waals surface area contributed by atoms with Gasteiger partial charge in [-0.1, -0.05) is 18.6 Å². The molecule has 0 bridgehead atoms. The van der Waals surface area contributed by atoms with Gasteiger partial charge in [0, 0.05) is 38.8 Å². The number of carbonyl (C=O) groups is 2. The zero-order chi connectivity index (χ0) is 25.9. The van der Waals surface area contributed by atoms with Gasteiger partial charge in [0.1, 0.15) is 23.0 Å². The molecule has 2 saturated heterocycles. The van der Waals surface area contributed by atoms with E-state index < -0.39 is 17.2 Å². The highest BCUT2D eigenvalue weighted by Gasteiger charge is 2.50. The number of hydrogen-bond donors (Lipinski definition) is 0. The van der Waals surface area contributed by atoms with Crippen LogP contribution in [0.1, 0.15) is 38.7 Å². The van der Waals surface area contributed by atoms with Crippen LogP contribution in [0.4, 0.5) is 23.7 Å². The molecule has 0 aromatic heterocycles. The molecule has 3 amide bonds. The molecule has 0 unspecified atom stereocenters. The van der Waals surface area contributed by atoms with E-state index in [1.807, 2.05) is 4.90 Å². The minimum absolute atomic E-state index is 0. The first kappa shape index (κ1) is 28.8. The average molecular weight is 539 g/mol. The summed E-state index contributed by atoms with van der Waals surface area (Å²) in [4.78, 5) is 33.1. The second-order valence-electron chi connectivity index (χ2n) is 10.00. The fraction of sp³-hybridized carbons (Fsp3) is 0.481. The maximum absolute atomic E-state index is 14.0. The van der Waals surface area contributed by atoms with Crippen LogP contribution in [0.5, 0.6) is 0 Å². The van der Waals surface area contributed by atoms with Crippen LogP contribution < -0.4 is 4.90 Å². The first-order valence-electron chi connectivity index (χ1n) is 12.5. The van der Waals surface area contributed by atoms with Crippen LogP contribution in [0.3, 0.4) is 0 Å². The smallest absolute Gasteiger partial charge is 0.327 e. The van der Waals surface area contributed by atoms with Gasteiger partial charge in [0.2, 0.25) is 0 Å². The van der Waals surface area contributed by atoms with Crippen molar-refractivity contribution < 1.29 is 22.8 Å². The van der Waals surface area contributed by atoms with Gasteiger partial charge in [-0.25, -0.2) is 18.0 Å². The van der Waals surface area contributed by atoms with Gasteiger partial charge in [-0.3, -0.25) is 14.6 Å². The van der Waals surface area contributed by atoms with E-state index in [-0.39, 0.29) is 36.7 Å². The Kier molecular flexibility index (Phi) is 9.47. The third-order valence-corrected chi connectivity index (χ3v) is 7.14. The first-order chi connectivity index (χ1) is 17.2. The van der Waals surface area contributed by atoms with Crippen molar-refractivity contribution in [2.45, 2.75) is 45.2 Å². The van der Waals surface area contributed by atoms with Crippen LogP contribution >= 0.6 is 12.4 Å². The van der Waals surface area contributed by atoms with Crippen molar-refractivity contribution in [3.05, 3.63) is 65.5 Å². The van der Waals surface area contributed by atoms with Crippen LogP contribution in [0.15, 0.2) is 42.5 Å². The lowest BCUT2D eigenvalue weighted by Crippen LogP contribution is -2.47. The first-order valence-corrected chi connectivity index (χ1v) is 12.5. The van der Waals surface area contributed by atoms with E-state index in [1.165, 1.54) is 29.2 Å². The quantitative estimate of drug-likeness (QED) is 0.331. The third kappa shape index (κ3) is 6.57. The van der Waals surface area contributed by atoms with Crippen molar-refractivity contribution in [2.24, 2.45) is 0 Å². The highest BCUT2D eigenvalue weighted by molar-refractivity contribution is 6.06. The fourth-order valence-electron chi connectivity index (χ4n) is 4.94. The molecular formula is C27H34ClF3N4O2. The van der Waals surface area contributed by atoms with E-state index in [0.717, 1.165) is 45.0 Å². The molecule has 2 aromatic carbocycles. The Morgan fingerprint density at radius 3 is 2.08 bits per heavy atom. The number of carbonyl (C=O) groups excluding carboxylic acids is 2. The maximum Gasteiger partial charge on any atom is 0.327 e. The molecule has 0 aliphatic carbocycles. The Labute approximate surface area is 222 Å². The summed E-state index contributed by atoms with van der Waals surface area (Å²) in [5.74, 6) is -1.70. The molecule has 0 spiro atoms. The second kappa shape index (κ2) is 12.2. The van der Waals surface area contributed by atoms with Crippen molar-refractivity contribution in [2.75, 3.05) is 44.2 Å². The van der Waals surface area contributed by atoms with Crippen molar-refractivity contribution in [1.29, 1.82) is 0 Å². The van der Waals surface area contributed by atoms with Gasteiger partial charge in [0.25, 0.3) is 5.91 Å². The Morgan fingerprint density at radius 1 is 0.811 bits per heavy atom. The largest absolute Gasteiger partial charge is 0.367 e. The van der Waals surface area contributed by atoms with E-state index in [9.17, 15) is 22.8 Å². The number of anilines is 1. The molecule has 2 aromatic rings. The third-order valence-electron chi connectivity index (χ3n) is 7.14. The molecular weight excluding hydrogens is 505 g/mol. The standard InChI is InChI=1S/C27H33F3N4O2.ClH/c1-27(2)25(35)33(19-20-6-8-21(28)9-7-20)26(36)34(27)13-5-3-4-12-31-14-16-32(17-15-31)24-11-10-22(29)18-23(24)30;/h6-11,18H,3-5,12-17,19H2,1-2H3;1H. The van der Waals surface area contributed by atoms with Gasteiger partial charge in [-0.15, -0.1) is 12.4 Å². The molecule has 0 saturated carbocycles. The van der Waals surface area contributed by atoms with Crippen LogP contribution in [0.25, 0.3) is 0 Å². The Hall–Kier alpha value is -2.78. The lowest BCUT2D eigenvalue weighted by Gasteiger charge is -2.36. The molecule has 4 rings (SSSR count). The summed E-state index contributed by atoms with van der Waals surface area (Å²) in [7, 11) is 0. The number of imide groups is 1. The van der Waals surface area contributed by atoms with Gasteiger partial charge in [0.05, 0.1) is 12.2 Å². The van der Waals surface area contributed by atoms with Crippen molar-refractivity contribution in [1.82, 2.24) is 14.7 Å². The summed E-state index contributed by atoms with van der Waals surface area (Å²) in [6.07, 6.45) is 2.66. The highest BCUT2D eigenvalue weighted by atomic mass is 35.5. The normalized spacial score (nSPS) is 17.9. The molecule has 10 heteroatoms. The Morgan fingerprint density at radius 2 is 1.43 bits per heavy atom. The maximum atomic E-state index is 14.0. The number of halogens is 4. The molecule has 0 N–H and O–H groups in total. The summed E-state index contributed by atoms with van der Waals surface area (Å²) in [5.41, 5.74) is 0.235. The number of hydrogen-bond acceptors (Lipinski definition) is 4. The molecule has 202 valence electrons. The van der Waals surface area contributed by atoms with Gasteiger partial charge < -0.3 is 9.80 Å². The van der Waals surface area contributed by atoms with E-state index in [2.05, 4.69) is 4.90 Å². The van der Waals surface area contributed by atoms with Crippen LogP contribution in [-0.4, -0.2) is 71.4 Å². The molecule has 0 radical (unpaired) electrons. The van der Waals surface area contributed by atoms with Gasteiger partial charge >= 0.3 is 6.03 Å². The van der Waals surface area contributed by atoms with E-state index in [0.29, 0.717) is 30.9 Å². The van der Waals surface area contributed by atoms with E-state index >= 15 is 0 Å². The van der Waals surface area contributed by atoms with Crippen molar-refractivity contribution in [3.63, 3.8) is 0 Å². The van der Waals surface area contributed by atoms with Gasteiger partial charge in [0.15, 0.2) is 0 Å². The van der Waals surface area contributed by atoms with Crippen molar-refractivity contribution >= 4 is 30.0 Å². The number of amides is 3. The summed E-state index contributed by atoms with van der Waals surface area (Å²) in [6, 6.07) is 9.21.